The van der Waals surface area contributed by atoms with Crippen molar-refractivity contribution in [3.63, 3.8) is 0 Å². The third-order valence-corrected chi connectivity index (χ3v) is 3.09. The van der Waals surface area contributed by atoms with E-state index in [0.29, 0.717) is 11.6 Å². The summed E-state index contributed by atoms with van der Waals surface area (Å²) in [4.78, 5) is 15.0. The number of rotatable bonds is 3. The Labute approximate surface area is 95.3 Å². The van der Waals surface area contributed by atoms with E-state index in [1.165, 1.54) is 25.5 Å². The number of carbonyl (C=O) groups is 1. The highest BCUT2D eigenvalue weighted by molar-refractivity contribution is 5.92. The zero-order valence-electron chi connectivity index (χ0n) is 9.44. The molecule has 4 heteroatoms. The number of nitrogens with zero attached hydrogens (tertiary/aromatic N) is 1. The fourth-order valence-corrected chi connectivity index (χ4v) is 2.17. The lowest BCUT2D eigenvalue weighted by Crippen LogP contribution is -2.17. The van der Waals surface area contributed by atoms with Gasteiger partial charge in [0.25, 0.3) is 0 Å². The van der Waals surface area contributed by atoms with Crippen molar-refractivity contribution in [1.29, 1.82) is 0 Å². The van der Waals surface area contributed by atoms with Gasteiger partial charge in [-0.1, -0.05) is 6.92 Å². The van der Waals surface area contributed by atoms with E-state index >= 15 is 0 Å². The number of nitrogens with one attached hydrogen (secondary N) is 1. The molecule has 4 nitrogen and oxygen atoms in total. The van der Waals surface area contributed by atoms with Gasteiger partial charge in [-0.15, -0.1) is 0 Å². The van der Waals surface area contributed by atoms with Gasteiger partial charge < -0.3 is 11.1 Å². The minimum absolute atomic E-state index is 0.437. The number of carbonyl (C=O) groups excluding carboxylic acids is 1. The van der Waals surface area contributed by atoms with Crippen molar-refractivity contribution >= 4 is 11.7 Å². The molecule has 1 aromatic heterocycles. The number of anilines is 1. The van der Waals surface area contributed by atoms with Crippen molar-refractivity contribution in [2.45, 2.75) is 32.2 Å². The second-order valence-corrected chi connectivity index (χ2v) is 4.56. The molecule has 2 rings (SSSR count). The summed E-state index contributed by atoms with van der Waals surface area (Å²) in [5.41, 5.74) is 5.60. The zero-order valence-corrected chi connectivity index (χ0v) is 9.44. The third kappa shape index (κ3) is 2.51. The van der Waals surface area contributed by atoms with E-state index in [0.717, 1.165) is 11.7 Å². The molecule has 1 saturated carbocycles. The molecular formula is C12H17N3O. The highest BCUT2D eigenvalue weighted by Gasteiger charge is 2.21. The predicted octanol–water partition coefficient (Wildman–Crippen LogP) is 1.78. The Kier molecular flexibility index (Phi) is 3.08. The van der Waals surface area contributed by atoms with Gasteiger partial charge >= 0.3 is 0 Å². The molecule has 1 aliphatic rings. The minimum Gasteiger partial charge on any atom is -0.367 e. The summed E-state index contributed by atoms with van der Waals surface area (Å²) in [6.07, 6.45) is 5.18. The highest BCUT2D eigenvalue weighted by atomic mass is 16.1. The number of hydrogen-bond donors (Lipinski definition) is 2. The summed E-state index contributed by atoms with van der Waals surface area (Å²) in [7, 11) is 0. The number of amides is 1. The average molecular weight is 219 g/mol. The van der Waals surface area contributed by atoms with Crippen LogP contribution in [-0.4, -0.2) is 16.9 Å². The molecule has 0 saturated heterocycles. The van der Waals surface area contributed by atoms with Crippen molar-refractivity contribution in [2.75, 3.05) is 5.32 Å². The van der Waals surface area contributed by atoms with Gasteiger partial charge in [-0.25, -0.2) is 4.98 Å². The van der Waals surface area contributed by atoms with Gasteiger partial charge in [-0.3, -0.25) is 4.79 Å². The van der Waals surface area contributed by atoms with E-state index in [9.17, 15) is 4.79 Å². The molecule has 16 heavy (non-hydrogen) atoms. The number of pyridine rings is 1. The van der Waals surface area contributed by atoms with Gasteiger partial charge in [0.05, 0.1) is 5.56 Å². The lowest BCUT2D eigenvalue weighted by atomic mass is 10.1. The van der Waals surface area contributed by atoms with Gasteiger partial charge in [-0.2, -0.15) is 0 Å². The summed E-state index contributed by atoms with van der Waals surface area (Å²) in [6, 6.07) is 4.03. The van der Waals surface area contributed by atoms with Crippen molar-refractivity contribution in [1.82, 2.24) is 4.98 Å². The predicted molar refractivity (Wildman–Crippen MR) is 63.2 cm³/mol. The van der Waals surface area contributed by atoms with Crippen molar-refractivity contribution in [2.24, 2.45) is 11.7 Å². The second kappa shape index (κ2) is 4.51. The maximum Gasteiger partial charge on any atom is 0.250 e. The largest absolute Gasteiger partial charge is 0.367 e. The topological polar surface area (TPSA) is 68.0 Å². The Morgan fingerprint density at radius 2 is 2.31 bits per heavy atom. The van der Waals surface area contributed by atoms with Gasteiger partial charge in [0.1, 0.15) is 5.82 Å². The van der Waals surface area contributed by atoms with Gasteiger partial charge in [0, 0.05) is 12.2 Å². The summed E-state index contributed by atoms with van der Waals surface area (Å²) < 4.78 is 0. The second-order valence-electron chi connectivity index (χ2n) is 4.56. The van der Waals surface area contributed by atoms with Crippen LogP contribution in [0.15, 0.2) is 18.3 Å². The number of hydrogen-bond acceptors (Lipinski definition) is 3. The molecule has 3 N–H and O–H groups in total. The molecule has 0 radical (unpaired) electrons. The average Bonchev–Trinajstić information content (AvgIpc) is 2.65. The van der Waals surface area contributed by atoms with E-state index in [2.05, 4.69) is 17.2 Å². The van der Waals surface area contributed by atoms with Gasteiger partial charge in [0.2, 0.25) is 5.91 Å². The zero-order chi connectivity index (χ0) is 11.5. The first-order valence-corrected chi connectivity index (χ1v) is 5.67. The van der Waals surface area contributed by atoms with E-state index in [4.69, 9.17) is 5.73 Å². The highest BCUT2D eigenvalue weighted by Crippen LogP contribution is 2.26. The fraction of sp³-hybridized carbons (Fsp3) is 0.500. The molecule has 1 aromatic rings. The molecular weight excluding hydrogens is 202 g/mol. The molecule has 0 aliphatic heterocycles. The van der Waals surface area contributed by atoms with Crippen LogP contribution >= 0.6 is 0 Å². The molecule has 1 fully saturated rings. The minimum atomic E-state index is -0.437. The summed E-state index contributed by atoms with van der Waals surface area (Å²) in [5.74, 6) is 1.18. The van der Waals surface area contributed by atoms with Crippen LogP contribution in [0.2, 0.25) is 0 Å². The molecule has 1 aliphatic carbocycles. The lowest BCUT2D eigenvalue weighted by molar-refractivity contribution is 0.1000. The Morgan fingerprint density at radius 1 is 1.50 bits per heavy atom. The lowest BCUT2D eigenvalue weighted by Gasteiger charge is -2.12. The first-order valence-electron chi connectivity index (χ1n) is 5.67. The monoisotopic (exact) mass is 219 g/mol. The normalized spacial score (nSPS) is 24.3. The third-order valence-electron chi connectivity index (χ3n) is 3.09. The Bertz CT molecular complexity index is 374. The molecule has 0 aromatic carbocycles. The number of aromatic nitrogens is 1. The van der Waals surface area contributed by atoms with Crippen LogP contribution < -0.4 is 11.1 Å². The van der Waals surface area contributed by atoms with Crippen LogP contribution in [0.25, 0.3) is 0 Å². The molecule has 1 heterocycles. The molecule has 2 unspecified atom stereocenters. The Morgan fingerprint density at radius 3 is 2.81 bits per heavy atom. The molecule has 0 bridgehead atoms. The summed E-state index contributed by atoms with van der Waals surface area (Å²) in [6.45, 7) is 2.27. The first kappa shape index (κ1) is 10.9. The molecule has 2 atom stereocenters. The molecule has 86 valence electrons. The SMILES string of the molecule is CC1CCC(Nc2ccc(C(N)=O)cn2)C1. The van der Waals surface area contributed by atoms with Crippen LogP contribution in [0.4, 0.5) is 5.82 Å². The van der Waals surface area contributed by atoms with E-state index in [1.807, 2.05) is 6.07 Å². The van der Waals surface area contributed by atoms with Gasteiger partial charge in [0.15, 0.2) is 0 Å². The molecule has 0 spiro atoms. The van der Waals surface area contributed by atoms with Crippen molar-refractivity contribution in [3.05, 3.63) is 23.9 Å². The number of primary amides is 1. The quantitative estimate of drug-likeness (QED) is 0.814. The van der Waals surface area contributed by atoms with Crippen molar-refractivity contribution in [3.8, 4) is 0 Å². The van der Waals surface area contributed by atoms with E-state index in [-0.39, 0.29) is 0 Å². The smallest absolute Gasteiger partial charge is 0.250 e. The maximum absolute atomic E-state index is 10.9. The van der Waals surface area contributed by atoms with Crippen LogP contribution in [0.3, 0.4) is 0 Å². The van der Waals surface area contributed by atoms with E-state index < -0.39 is 5.91 Å². The van der Waals surface area contributed by atoms with Crippen molar-refractivity contribution < 1.29 is 4.79 Å². The standard InChI is InChI=1S/C12H17N3O/c1-8-2-4-10(6-8)15-11-5-3-9(7-14-11)12(13)16/h3,5,7-8,10H,2,4,6H2,1H3,(H2,13,16)(H,14,15). The van der Waals surface area contributed by atoms with Crippen LogP contribution in [0.1, 0.15) is 36.5 Å². The summed E-state index contributed by atoms with van der Waals surface area (Å²) in [5, 5.41) is 3.37. The fourth-order valence-electron chi connectivity index (χ4n) is 2.17. The van der Waals surface area contributed by atoms with E-state index in [1.54, 1.807) is 6.07 Å². The van der Waals surface area contributed by atoms with Crippen LogP contribution in [0.5, 0.6) is 0 Å². The summed E-state index contributed by atoms with van der Waals surface area (Å²) >= 11 is 0. The molecule has 1 amide bonds. The number of nitrogens with two attached hydrogens (primary N) is 1. The van der Waals surface area contributed by atoms with Gasteiger partial charge in [-0.05, 0) is 37.3 Å². The maximum atomic E-state index is 10.9. The Hall–Kier alpha value is -1.58. The first-order chi connectivity index (χ1) is 7.65. The van der Waals surface area contributed by atoms with Crippen LogP contribution in [-0.2, 0) is 0 Å². The van der Waals surface area contributed by atoms with Crippen LogP contribution in [0, 0.1) is 5.92 Å². The Balaban J connectivity index is 1.97.